The summed E-state index contributed by atoms with van der Waals surface area (Å²) in [5.41, 5.74) is 0.903. The van der Waals surface area contributed by atoms with Crippen molar-refractivity contribution in [1.29, 1.82) is 0 Å². The molecule has 4 nitrogen and oxygen atoms in total. The predicted octanol–water partition coefficient (Wildman–Crippen LogP) is 3.01. The third-order valence-electron chi connectivity index (χ3n) is 4.75. The summed E-state index contributed by atoms with van der Waals surface area (Å²) in [4.78, 5) is 0. The Morgan fingerprint density at radius 2 is 1.74 bits per heavy atom. The smallest absolute Gasteiger partial charge is 0.399 e. The summed E-state index contributed by atoms with van der Waals surface area (Å²) in [5.74, 6) is -0.299. The van der Waals surface area contributed by atoms with Gasteiger partial charge in [0.2, 0.25) is 0 Å². The van der Waals surface area contributed by atoms with E-state index in [2.05, 4.69) is 5.10 Å². The van der Waals surface area contributed by atoms with Gasteiger partial charge in [0, 0.05) is 23.8 Å². The van der Waals surface area contributed by atoms with E-state index in [4.69, 9.17) is 9.31 Å². The Hall–Kier alpha value is -1.66. The predicted molar refractivity (Wildman–Crippen MR) is 89.0 cm³/mol. The normalized spacial score (nSPS) is 19.3. The van der Waals surface area contributed by atoms with Crippen LogP contribution in [-0.2, 0) is 15.9 Å². The first-order valence-electron chi connectivity index (χ1n) is 7.93. The molecule has 1 aliphatic heterocycles. The third kappa shape index (κ3) is 2.70. The zero-order valence-corrected chi connectivity index (χ0v) is 14.3. The van der Waals surface area contributed by atoms with E-state index >= 15 is 0 Å². The van der Waals surface area contributed by atoms with Gasteiger partial charge in [-0.1, -0.05) is 12.1 Å². The van der Waals surface area contributed by atoms with Crippen molar-refractivity contribution >= 4 is 12.6 Å². The van der Waals surface area contributed by atoms with Gasteiger partial charge in [0.25, 0.3) is 0 Å². The zero-order valence-electron chi connectivity index (χ0n) is 14.3. The quantitative estimate of drug-likeness (QED) is 0.817. The molecule has 1 aromatic carbocycles. The van der Waals surface area contributed by atoms with Crippen molar-refractivity contribution in [3.05, 3.63) is 36.3 Å². The van der Waals surface area contributed by atoms with Crippen LogP contribution in [0.5, 0.6) is 0 Å². The van der Waals surface area contributed by atoms with E-state index in [0.717, 1.165) is 5.46 Å². The summed E-state index contributed by atoms with van der Waals surface area (Å²) < 4.78 is 28.2. The monoisotopic (exact) mass is 316 g/mol. The molecule has 2 aromatic rings. The molecule has 6 heteroatoms. The Bertz CT molecular complexity index is 711. The minimum atomic E-state index is -0.560. The highest BCUT2D eigenvalue weighted by Crippen LogP contribution is 2.37. The largest absolute Gasteiger partial charge is 0.498 e. The topological polar surface area (TPSA) is 36.3 Å². The summed E-state index contributed by atoms with van der Waals surface area (Å²) in [6.45, 7) is 10.7. The van der Waals surface area contributed by atoms with Crippen molar-refractivity contribution in [3.63, 3.8) is 0 Å². The van der Waals surface area contributed by atoms with Gasteiger partial charge < -0.3 is 9.31 Å². The molecule has 1 fully saturated rings. The minimum absolute atomic E-state index is 0.299. The van der Waals surface area contributed by atoms with Crippen LogP contribution in [-0.4, -0.2) is 28.1 Å². The third-order valence-corrected chi connectivity index (χ3v) is 4.75. The van der Waals surface area contributed by atoms with Gasteiger partial charge in [0.05, 0.1) is 16.9 Å². The molecule has 1 saturated heterocycles. The molecule has 0 saturated carbocycles. The molecular formula is C17H22BFN2O2. The van der Waals surface area contributed by atoms with E-state index in [0.29, 0.717) is 17.8 Å². The molecule has 1 aromatic heterocycles. The fourth-order valence-corrected chi connectivity index (χ4v) is 2.60. The number of benzene rings is 1. The van der Waals surface area contributed by atoms with Crippen molar-refractivity contribution < 1.29 is 13.7 Å². The molecular weight excluding hydrogens is 294 g/mol. The first-order chi connectivity index (χ1) is 10.7. The Morgan fingerprint density at radius 1 is 1.13 bits per heavy atom. The van der Waals surface area contributed by atoms with Crippen molar-refractivity contribution in [2.45, 2.75) is 52.4 Å². The van der Waals surface area contributed by atoms with Crippen LogP contribution in [0.3, 0.4) is 0 Å². The molecule has 0 spiro atoms. The van der Waals surface area contributed by atoms with Crippen LogP contribution in [0.25, 0.3) is 11.3 Å². The lowest BCUT2D eigenvalue weighted by atomic mass is 9.78. The highest BCUT2D eigenvalue weighted by molar-refractivity contribution is 6.63. The molecule has 0 unspecified atom stereocenters. The maximum absolute atomic E-state index is 14.2. The van der Waals surface area contributed by atoms with E-state index in [1.54, 1.807) is 22.9 Å². The summed E-state index contributed by atoms with van der Waals surface area (Å²) in [7, 11) is -0.560. The number of rotatable bonds is 3. The second-order valence-electron chi connectivity index (χ2n) is 6.86. The molecule has 0 atom stereocenters. The SMILES string of the molecule is CCn1cc(B2OC(C)(C)C(C)(C)O2)c(-c2ccccc2F)n1. The molecule has 0 radical (unpaired) electrons. The van der Waals surface area contributed by atoms with Crippen LogP contribution < -0.4 is 5.46 Å². The molecule has 0 aliphatic carbocycles. The van der Waals surface area contributed by atoms with Crippen molar-refractivity contribution in [1.82, 2.24) is 9.78 Å². The first-order valence-corrected chi connectivity index (χ1v) is 7.93. The maximum Gasteiger partial charge on any atom is 0.498 e. The van der Waals surface area contributed by atoms with Crippen molar-refractivity contribution in [2.75, 3.05) is 0 Å². The van der Waals surface area contributed by atoms with E-state index in [1.165, 1.54) is 6.07 Å². The van der Waals surface area contributed by atoms with Gasteiger partial charge in [0.1, 0.15) is 5.82 Å². The fraction of sp³-hybridized carbons (Fsp3) is 0.471. The van der Waals surface area contributed by atoms with Crippen LogP contribution in [0.1, 0.15) is 34.6 Å². The van der Waals surface area contributed by atoms with Gasteiger partial charge >= 0.3 is 7.12 Å². The Labute approximate surface area is 136 Å². The lowest BCUT2D eigenvalue weighted by Crippen LogP contribution is -2.41. The molecule has 1 aliphatic rings. The van der Waals surface area contributed by atoms with Crippen LogP contribution in [0, 0.1) is 5.82 Å². The second-order valence-corrected chi connectivity index (χ2v) is 6.86. The van der Waals surface area contributed by atoms with Crippen LogP contribution >= 0.6 is 0 Å². The van der Waals surface area contributed by atoms with Crippen molar-refractivity contribution in [3.8, 4) is 11.3 Å². The van der Waals surface area contributed by atoms with Gasteiger partial charge in [-0.05, 0) is 46.8 Å². The van der Waals surface area contributed by atoms with E-state index in [1.807, 2.05) is 40.8 Å². The van der Waals surface area contributed by atoms with Crippen molar-refractivity contribution in [2.24, 2.45) is 0 Å². The van der Waals surface area contributed by atoms with Crippen LogP contribution in [0.15, 0.2) is 30.5 Å². The molecule has 0 bridgehead atoms. The highest BCUT2D eigenvalue weighted by Gasteiger charge is 2.52. The van der Waals surface area contributed by atoms with E-state index in [-0.39, 0.29) is 5.82 Å². The summed E-state index contributed by atoms with van der Waals surface area (Å²) >= 11 is 0. The molecule has 2 heterocycles. The average molecular weight is 316 g/mol. The van der Waals surface area contributed by atoms with Crippen LogP contribution in [0.4, 0.5) is 4.39 Å². The standard InChI is InChI=1S/C17H22BFN2O2/c1-6-21-11-13(18-22-16(2,3)17(4,5)23-18)15(20-21)12-9-7-8-10-14(12)19/h7-11H,6H2,1-5H3. The number of nitrogens with zero attached hydrogens (tertiary/aromatic N) is 2. The van der Waals surface area contributed by atoms with Gasteiger partial charge in [-0.3, -0.25) is 4.68 Å². The maximum atomic E-state index is 14.2. The van der Waals surface area contributed by atoms with Crippen LogP contribution in [0.2, 0.25) is 0 Å². The van der Waals surface area contributed by atoms with E-state index < -0.39 is 18.3 Å². The Balaban J connectivity index is 2.07. The number of hydrogen-bond donors (Lipinski definition) is 0. The van der Waals surface area contributed by atoms with Gasteiger partial charge in [0.15, 0.2) is 0 Å². The van der Waals surface area contributed by atoms with Gasteiger partial charge in [-0.2, -0.15) is 5.10 Å². The minimum Gasteiger partial charge on any atom is -0.399 e. The molecule has 0 N–H and O–H groups in total. The van der Waals surface area contributed by atoms with Gasteiger partial charge in [-0.15, -0.1) is 0 Å². The number of hydrogen-bond acceptors (Lipinski definition) is 3. The van der Waals surface area contributed by atoms with Gasteiger partial charge in [-0.25, -0.2) is 4.39 Å². The average Bonchev–Trinajstić information content (AvgIpc) is 2.98. The highest BCUT2D eigenvalue weighted by atomic mass is 19.1. The molecule has 23 heavy (non-hydrogen) atoms. The number of aryl methyl sites for hydroxylation is 1. The Morgan fingerprint density at radius 3 is 2.30 bits per heavy atom. The summed E-state index contributed by atoms with van der Waals surface area (Å²) in [6.07, 6.45) is 1.88. The summed E-state index contributed by atoms with van der Waals surface area (Å²) in [5, 5.41) is 4.52. The van der Waals surface area contributed by atoms with E-state index in [9.17, 15) is 4.39 Å². The lowest BCUT2D eigenvalue weighted by molar-refractivity contribution is 0.00578. The fourth-order valence-electron chi connectivity index (χ4n) is 2.60. The molecule has 122 valence electrons. The number of aromatic nitrogens is 2. The second kappa shape index (κ2) is 5.46. The lowest BCUT2D eigenvalue weighted by Gasteiger charge is -2.32. The molecule has 0 amide bonds. The first kappa shape index (κ1) is 16.2. The number of halogens is 1. The molecule has 3 rings (SSSR count). The Kier molecular flexibility index (Phi) is 3.85. The summed E-state index contributed by atoms with van der Waals surface area (Å²) in [6, 6.07) is 6.64. The zero-order chi connectivity index (χ0) is 16.8.